The van der Waals surface area contributed by atoms with E-state index < -0.39 is 21.3 Å². The number of anilines is 1. The van der Waals surface area contributed by atoms with E-state index in [-0.39, 0.29) is 11.9 Å². The predicted octanol–water partition coefficient (Wildman–Crippen LogP) is 2.05. The van der Waals surface area contributed by atoms with Gasteiger partial charge in [0, 0.05) is 18.3 Å². The van der Waals surface area contributed by atoms with Gasteiger partial charge in [-0.05, 0) is 43.5 Å². The minimum Gasteiger partial charge on any atom is -0.352 e. The Kier molecular flexibility index (Phi) is 6.56. The molecule has 156 valence electrons. The van der Waals surface area contributed by atoms with E-state index in [0.29, 0.717) is 12.2 Å². The van der Waals surface area contributed by atoms with Gasteiger partial charge in [0.15, 0.2) is 5.37 Å². The second kappa shape index (κ2) is 8.94. The molecule has 1 amide bonds. The minimum atomic E-state index is -3.83. The molecule has 0 aromatic heterocycles. The third-order valence-electron chi connectivity index (χ3n) is 5.16. The quantitative estimate of drug-likeness (QED) is 0.554. The van der Waals surface area contributed by atoms with E-state index in [1.54, 1.807) is 19.1 Å². The van der Waals surface area contributed by atoms with Gasteiger partial charge in [0.05, 0.1) is 5.92 Å². The van der Waals surface area contributed by atoms with Crippen LogP contribution in [0.25, 0.3) is 0 Å². The van der Waals surface area contributed by atoms with Crippen LogP contribution in [0.4, 0.5) is 5.69 Å². The predicted molar refractivity (Wildman–Crippen MR) is 114 cm³/mol. The molecular weight excluding hydrogens is 388 g/mol. The van der Waals surface area contributed by atoms with Crippen molar-refractivity contribution < 1.29 is 13.2 Å². The summed E-state index contributed by atoms with van der Waals surface area (Å²) in [6.07, 6.45) is 0.877. The molecule has 0 bridgehead atoms. The number of rotatable bonds is 7. The average Bonchev–Trinajstić information content (AvgIpc) is 3.10. The second-order valence-electron chi connectivity index (χ2n) is 7.42. The molecule has 8 heteroatoms. The highest BCUT2D eigenvalue weighted by atomic mass is 32.2. The van der Waals surface area contributed by atoms with Gasteiger partial charge in [0.2, 0.25) is 5.91 Å². The van der Waals surface area contributed by atoms with Crippen LogP contribution in [0.2, 0.25) is 0 Å². The van der Waals surface area contributed by atoms with Crippen molar-refractivity contribution in [3.8, 4) is 0 Å². The Morgan fingerprint density at radius 1 is 1.00 bits per heavy atom. The molecule has 7 nitrogen and oxygen atoms in total. The largest absolute Gasteiger partial charge is 0.352 e. The molecule has 0 aliphatic carbocycles. The molecule has 1 fully saturated rings. The van der Waals surface area contributed by atoms with Crippen molar-refractivity contribution >= 4 is 21.6 Å². The third-order valence-corrected chi connectivity index (χ3v) is 6.76. The molecule has 3 rings (SSSR count). The number of sulfonamides is 1. The van der Waals surface area contributed by atoms with Crippen LogP contribution in [-0.2, 0) is 27.8 Å². The zero-order chi connectivity index (χ0) is 21.0. The fourth-order valence-corrected chi connectivity index (χ4v) is 4.90. The van der Waals surface area contributed by atoms with Crippen LogP contribution >= 0.6 is 0 Å². The van der Waals surface area contributed by atoms with E-state index in [0.717, 1.165) is 23.1 Å². The van der Waals surface area contributed by atoms with Crippen molar-refractivity contribution in [2.24, 2.45) is 5.92 Å². The number of aryl methyl sites for hydroxylation is 2. The Bertz CT molecular complexity index is 943. The van der Waals surface area contributed by atoms with Gasteiger partial charge in [0.25, 0.3) is 10.0 Å². The van der Waals surface area contributed by atoms with Crippen molar-refractivity contribution in [2.45, 2.75) is 45.2 Å². The van der Waals surface area contributed by atoms with Crippen molar-refractivity contribution in [1.82, 2.24) is 16.2 Å². The molecule has 1 heterocycles. The summed E-state index contributed by atoms with van der Waals surface area (Å²) < 4.78 is 28.5. The van der Waals surface area contributed by atoms with Gasteiger partial charge < -0.3 is 5.32 Å². The first-order valence-corrected chi connectivity index (χ1v) is 11.3. The number of hydrogen-bond donors (Lipinski definition) is 4. The van der Waals surface area contributed by atoms with Crippen LogP contribution in [0.1, 0.15) is 30.5 Å². The molecule has 2 aromatic carbocycles. The summed E-state index contributed by atoms with van der Waals surface area (Å²) in [7, 11) is -3.83. The van der Waals surface area contributed by atoms with Gasteiger partial charge >= 0.3 is 0 Å². The lowest BCUT2D eigenvalue weighted by Crippen LogP contribution is -2.47. The lowest BCUT2D eigenvalue weighted by atomic mass is 10.0. The first-order valence-electron chi connectivity index (χ1n) is 9.75. The van der Waals surface area contributed by atoms with E-state index >= 15 is 0 Å². The SMILES string of the molecule is CCc1ccc(NS(=O)(=O)C2NNC(C)C2C(=O)NCc2ccc(C)cc2)cc1. The Hall–Kier alpha value is -2.42. The van der Waals surface area contributed by atoms with Gasteiger partial charge in [-0.1, -0.05) is 48.9 Å². The van der Waals surface area contributed by atoms with Crippen molar-refractivity contribution in [3.63, 3.8) is 0 Å². The zero-order valence-electron chi connectivity index (χ0n) is 16.9. The van der Waals surface area contributed by atoms with Gasteiger partial charge in [-0.3, -0.25) is 14.9 Å². The maximum Gasteiger partial charge on any atom is 0.250 e. The number of carbonyl (C=O) groups excluding carboxylic acids is 1. The highest BCUT2D eigenvalue weighted by Gasteiger charge is 2.45. The van der Waals surface area contributed by atoms with Crippen LogP contribution in [0.3, 0.4) is 0 Å². The van der Waals surface area contributed by atoms with E-state index in [1.165, 1.54) is 0 Å². The number of amides is 1. The van der Waals surface area contributed by atoms with Crippen molar-refractivity contribution in [1.29, 1.82) is 0 Å². The summed E-state index contributed by atoms with van der Waals surface area (Å²) in [6, 6.07) is 14.7. The number of nitrogens with one attached hydrogen (secondary N) is 4. The lowest BCUT2D eigenvalue weighted by Gasteiger charge is -2.21. The lowest BCUT2D eigenvalue weighted by molar-refractivity contribution is -0.125. The highest BCUT2D eigenvalue weighted by molar-refractivity contribution is 7.93. The minimum absolute atomic E-state index is 0.313. The first-order chi connectivity index (χ1) is 13.8. The Balaban J connectivity index is 1.69. The molecule has 3 unspecified atom stereocenters. The smallest absolute Gasteiger partial charge is 0.250 e. The monoisotopic (exact) mass is 416 g/mol. The van der Waals surface area contributed by atoms with E-state index in [2.05, 4.69) is 20.9 Å². The highest BCUT2D eigenvalue weighted by Crippen LogP contribution is 2.22. The molecule has 1 saturated heterocycles. The van der Waals surface area contributed by atoms with E-state index in [4.69, 9.17) is 0 Å². The first kappa shape index (κ1) is 21.3. The van der Waals surface area contributed by atoms with Crippen LogP contribution in [0.5, 0.6) is 0 Å². The molecule has 29 heavy (non-hydrogen) atoms. The van der Waals surface area contributed by atoms with Gasteiger partial charge in [-0.25, -0.2) is 13.8 Å². The molecule has 4 N–H and O–H groups in total. The van der Waals surface area contributed by atoms with Crippen LogP contribution < -0.4 is 20.9 Å². The Morgan fingerprint density at radius 2 is 1.62 bits per heavy atom. The van der Waals surface area contributed by atoms with E-state index in [1.807, 2.05) is 50.2 Å². The van der Waals surface area contributed by atoms with Crippen LogP contribution in [0.15, 0.2) is 48.5 Å². The fourth-order valence-electron chi connectivity index (χ4n) is 3.34. The summed E-state index contributed by atoms with van der Waals surface area (Å²) in [5, 5.41) is 1.78. The summed E-state index contributed by atoms with van der Waals surface area (Å²) >= 11 is 0. The average molecular weight is 417 g/mol. The van der Waals surface area contributed by atoms with Crippen molar-refractivity contribution in [2.75, 3.05) is 4.72 Å². The standard InChI is InChI=1S/C21H28N4O3S/c1-4-16-9-11-18(12-10-16)25-29(27,28)21-19(15(3)23-24-21)20(26)22-13-17-7-5-14(2)6-8-17/h5-12,15,19,21,23-25H,4,13H2,1-3H3,(H,22,26). The number of benzene rings is 2. The zero-order valence-corrected chi connectivity index (χ0v) is 17.7. The molecule has 0 spiro atoms. The number of carbonyl (C=O) groups is 1. The number of hydrogen-bond acceptors (Lipinski definition) is 5. The Labute approximate surface area is 172 Å². The van der Waals surface area contributed by atoms with E-state index in [9.17, 15) is 13.2 Å². The molecular formula is C21H28N4O3S. The van der Waals surface area contributed by atoms with Crippen molar-refractivity contribution in [3.05, 3.63) is 65.2 Å². The summed E-state index contributed by atoms with van der Waals surface area (Å²) in [5.41, 5.74) is 9.35. The molecule has 1 aliphatic heterocycles. The normalized spacial score (nSPS) is 21.7. The fraction of sp³-hybridized carbons (Fsp3) is 0.381. The van der Waals surface area contributed by atoms with Crippen LogP contribution in [0, 0.1) is 12.8 Å². The summed E-state index contributed by atoms with van der Waals surface area (Å²) in [4.78, 5) is 12.8. The molecule has 3 atom stereocenters. The molecule has 0 saturated carbocycles. The number of hydrazine groups is 1. The van der Waals surface area contributed by atoms with Gasteiger partial charge in [-0.15, -0.1) is 0 Å². The maximum absolute atomic E-state index is 12.9. The van der Waals surface area contributed by atoms with Gasteiger partial charge in [-0.2, -0.15) is 0 Å². The molecule has 1 aliphatic rings. The summed E-state index contributed by atoms with van der Waals surface area (Å²) in [6.45, 7) is 6.17. The summed E-state index contributed by atoms with van der Waals surface area (Å²) in [5.74, 6) is -1.08. The second-order valence-corrected chi connectivity index (χ2v) is 9.23. The van der Waals surface area contributed by atoms with Gasteiger partial charge in [0.1, 0.15) is 0 Å². The Morgan fingerprint density at radius 3 is 2.24 bits per heavy atom. The third kappa shape index (κ3) is 5.14. The maximum atomic E-state index is 12.9. The molecule has 2 aromatic rings. The molecule has 0 radical (unpaired) electrons. The topological polar surface area (TPSA) is 99.3 Å². The van der Waals surface area contributed by atoms with Crippen LogP contribution in [-0.4, -0.2) is 25.7 Å².